The molecule has 2 nitrogen and oxygen atoms in total. The van der Waals surface area contributed by atoms with E-state index in [1.807, 2.05) is 27.7 Å². The SMILES string of the molecule is CC.CC.CC1CN(c2ccccc2)CC(C)N1. The van der Waals surface area contributed by atoms with Crippen molar-refractivity contribution in [1.29, 1.82) is 0 Å². The van der Waals surface area contributed by atoms with Gasteiger partial charge in [0.25, 0.3) is 0 Å². The molecule has 1 aliphatic rings. The third kappa shape index (κ3) is 5.54. The van der Waals surface area contributed by atoms with Gasteiger partial charge in [-0.1, -0.05) is 45.9 Å². The van der Waals surface area contributed by atoms with Crippen LogP contribution in [0.5, 0.6) is 0 Å². The molecule has 1 saturated heterocycles. The van der Waals surface area contributed by atoms with Crippen LogP contribution < -0.4 is 10.2 Å². The number of anilines is 1. The first-order valence-electron chi connectivity index (χ1n) is 7.32. The van der Waals surface area contributed by atoms with Crippen LogP contribution in [0.3, 0.4) is 0 Å². The zero-order valence-electron chi connectivity index (χ0n) is 12.9. The highest BCUT2D eigenvalue weighted by Crippen LogP contribution is 2.16. The van der Waals surface area contributed by atoms with Crippen LogP contribution >= 0.6 is 0 Å². The molecule has 2 unspecified atom stereocenters. The first kappa shape index (κ1) is 17.0. The molecule has 1 aromatic carbocycles. The van der Waals surface area contributed by atoms with Gasteiger partial charge in [0.2, 0.25) is 0 Å². The largest absolute Gasteiger partial charge is 0.368 e. The molecular weight excluding hydrogens is 220 g/mol. The van der Waals surface area contributed by atoms with Crippen LogP contribution in [-0.2, 0) is 0 Å². The van der Waals surface area contributed by atoms with E-state index in [1.54, 1.807) is 0 Å². The zero-order chi connectivity index (χ0) is 14.0. The molecule has 0 bridgehead atoms. The van der Waals surface area contributed by atoms with E-state index in [-0.39, 0.29) is 0 Å². The van der Waals surface area contributed by atoms with Crippen molar-refractivity contribution in [3.8, 4) is 0 Å². The Labute approximate surface area is 113 Å². The van der Waals surface area contributed by atoms with Crippen molar-refractivity contribution in [2.45, 2.75) is 53.6 Å². The van der Waals surface area contributed by atoms with Gasteiger partial charge in [0, 0.05) is 30.9 Å². The van der Waals surface area contributed by atoms with Gasteiger partial charge >= 0.3 is 0 Å². The third-order valence-electron chi connectivity index (χ3n) is 2.68. The van der Waals surface area contributed by atoms with Gasteiger partial charge in [-0.2, -0.15) is 0 Å². The van der Waals surface area contributed by atoms with Crippen LogP contribution in [0.25, 0.3) is 0 Å². The molecule has 0 saturated carbocycles. The summed E-state index contributed by atoms with van der Waals surface area (Å²) in [5, 5.41) is 3.54. The fraction of sp³-hybridized carbons (Fsp3) is 0.625. The van der Waals surface area contributed by atoms with Gasteiger partial charge in [-0.05, 0) is 26.0 Å². The second kappa shape index (κ2) is 9.95. The summed E-state index contributed by atoms with van der Waals surface area (Å²) >= 11 is 0. The summed E-state index contributed by atoms with van der Waals surface area (Å²) < 4.78 is 0. The Morgan fingerprint density at radius 1 is 0.889 bits per heavy atom. The molecule has 0 aliphatic carbocycles. The fourth-order valence-electron chi connectivity index (χ4n) is 2.18. The molecule has 0 spiro atoms. The number of hydrogen-bond donors (Lipinski definition) is 1. The molecule has 2 atom stereocenters. The van der Waals surface area contributed by atoms with Crippen molar-refractivity contribution in [1.82, 2.24) is 5.32 Å². The first-order valence-corrected chi connectivity index (χ1v) is 7.32. The summed E-state index contributed by atoms with van der Waals surface area (Å²) in [4.78, 5) is 2.45. The van der Waals surface area contributed by atoms with E-state index in [9.17, 15) is 0 Å². The zero-order valence-corrected chi connectivity index (χ0v) is 12.9. The molecule has 18 heavy (non-hydrogen) atoms. The highest BCUT2D eigenvalue weighted by atomic mass is 15.2. The average molecular weight is 250 g/mol. The van der Waals surface area contributed by atoms with Crippen LogP contribution in [0.1, 0.15) is 41.5 Å². The summed E-state index contributed by atoms with van der Waals surface area (Å²) in [6.07, 6.45) is 0. The van der Waals surface area contributed by atoms with Gasteiger partial charge in [0.05, 0.1) is 0 Å². The predicted octanol–water partition coefficient (Wildman–Crippen LogP) is 3.93. The number of benzene rings is 1. The van der Waals surface area contributed by atoms with Crippen LogP contribution in [0.15, 0.2) is 30.3 Å². The highest BCUT2D eigenvalue weighted by Gasteiger charge is 2.20. The molecule has 0 amide bonds. The third-order valence-corrected chi connectivity index (χ3v) is 2.68. The van der Waals surface area contributed by atoms with E-state index in [0.717, 1.165) is 13.1 Å². The number of hydrogen-bond acceptors (Lipinski definition) is 2. The molecular formula is C16H30N2. The van der Waals surface area contributed by atoms with Gasteiger partial charge in [-0.25, -0.2) is 0 Å². The quantitative estimate of drug-likeness (QED) is 0.812. The Bertz CT molecular complexity index is 274. The van der Waals surface area contributed by atoms with Crippen LogP contribution in [0, 0.1) is 0 Å². The van der Waals surface area contributed by atoms with Crippen LogP contribution in [0.4, 0.5) is 5.69 Å². The van der Waals surface area contributed by atoms with Crippen LogP contribution in [0.2, 0.25) is 0 Å². The Hall–Kier alpha value is -1.02. The number of nitrogens with one attached hydrogen (secondary N) is 1. The number of nitrogens with zero attached hydrogens (tertiary/aromatic N) is 1. The Morgan fingerprint density at radius 2 is 1.33 bits per heavy atom. The van der Waals surface area contributed by atoms with E-state index in [0.29, 0.717) is 12.1 Å². The molecule has 1 aromatic rings. The smallest absolute Gasteiger partial charge is 0.0367 e. The average Bonchev–Trinajstić information content (AvgIpc) is 2.43. The lowest BCUT2D eigenvalue weighted by Gasteiger charge is -2.37. The molecule has 1 fully saturated rings. The minimum absolute atomic E-state index is 0.582. The van der Waals surface area contributed by atoms with Gasteiger partial charge in [-0.3, -0.25) is 0 Å². The molecule has 0 aromatic heterocycles. The molecule has 2 heteroatoms. The number of para-hydroxylation sites is 1. The number of piperazine rings is 1. The number of rotatable bonds is 1. The standard InChI is InChI=1S/C12H18N2.2C2H6/c1-10-8-14(9-11(2)13-10)12-6-4-3-5-7-12;2*1-2/h3-7,10-11,13H,8-9H2,1-2H3;2*1-2H3. The summed E-state index contributed by atoms with van der Waals surface area (Å²) in [5.74, 6) is 0. The molecule has 2 rings (SSSR count). The van der Waals surface area contributed by atoms with E-state index in [1.165, 1.54) is 5.69 Å². The predicted molar refractivity (Wildman–Crippen MR) is 83.4 cm³/mol. The minimum Gasteiger partial charge on any atom is -0.368 e. The van der Waals surface area contributed by atoms with E-state index >= 15 is 0 Å². The topological polar surface area (TPSA) is 15.3 Å². The normalized spacial score (nSPS) is 22.2. The second-order valence-electron chi connectivity index (χ2n) is 4.21. The van der Waals surface area contributed by atoms with E-state index in [2.05, 4.69) is 54.4 Å². The Kier molecular flexibility index (Phi) is 9.39. The minimum atomic E-state index is 0.582. The van der Waals surface area contributed by atoms with Crippen molar-refractivity contribution in [3.05, 3.63) is 30.3 Å². The molecule has 1 N–H and O–H groups in total. The lowest BCUT2D eigenvalue weighted by molar-refractivity contribution is 0.407. The van der Waals surface area contributed by atoms with Crippen molar-refractivity contribution in [3.63, 3.8) is 0 Å². The Balaban J connectivity index is 0.000000659. The van der Waals surface area contributed by atoms with Gasteiger partial charge in [-0.15, -0.1) is 0 Å². The summed E-state index contributed by atoms with van der Waals surface area (Å²) in [6.45, 7) is 14.7. The molecule has 0 radical (unpaired) electrons. The van der Waals surface area contributed by atoms with Gasteiger partial charge in [0.15, 0.2) is 0 Å². The van der Waals surface area contributed by atoms with Crippen molar-refractivity contribution < 1.29 is 0 Å². The van der Waals surface area contributed by atoms with Crippen LogP contribution in [-0.4, -0.2) is 25.2 Å². The summed E-state index contributed by atoms with van der Waals surface area (Å²) in [7, 11) is 0. The lowest BCUT2D eigenvalue weighted by Crippen LogP contribution is -2.54. The monoisotopic (exact) mass is 250 g/mol. The molecule has 1 aliphatic heterocycles. The summed E-state index contributed by atoms with van der Waals surface area (Å²) in [5.41, 5.74) is 1.34. The second-order valence-corrected chi connectivity index (χ2v) is 4.21. The highest BCUT2D eigenvalue weighted by molar-refractivity contribution is 5.46. The lowest BCUT2D eigenvalue weighted by atomic mass is 10.1. The molecule has 1 heterocycles. The Morgan fingerprint density at radius 3 is 1.78 bits per heavy atom. The maximum absolute atomic E-state index is 3.54. The fourth-order valence-corrected chi connectivity index (χ4v) is 2.18. The van der Waals surface area contributed by atoms with Crippen molar-refractivity contribution >= 4 is 5.69 Å². The van der Waals surface area contributed by atoms with Crippen molar-refractivity contribution in [2.75, 3.05) is 18.0 Å². The van der Waals surface area contributed by atoms with Gasteiger partial charge < -0.3 is 10.2 Å². The van der Waals surface area contributed by atoms with E-state index < -0.39 is 0 Å². The maximum atomic E-state index is 3.54. The van der Waals surface area contributed by atoms with E-state index in [4.69, 9.17) is 0 Å². The van der Waals surface area contributed by atoms with Gasteiger partial charge in [0.1, 0.15) is 0 Å². The summed E-state index contributed by atoms with van der Waals surface area (Å²) in [6, 6.07) is 11.8. The molecule has 104 valence electrons. The maximum Gasteiger partial charge on any atom is 0.0367 e. The first-order chi connectivity index (χ1) is 8.75. The van der Waals surface area contributed by atoms with Crippen molar-refractivity contribution in [2.24, 2.45) is 0 Å².